The highest BCUT2D eigenvalue weighted by Gasteiger charge is 2.16. The van der Waals surface area contributed by atoms with E-state index in [4.69, 9.17) is 4.74 Å². The van der Waals surface area contributed by atoms with Crippen molar-refractivity contribution in [2.75, 3.05) is 6.61 Å². The first-order chi connectivity index (χ1) is 11.4. The number of hydrogen-bond donors (Lipinski definition) is 1. The molecular formula is C16H13BrF2N2O3. The van der Waals surface area contributed by atoms with Crippen LogP contribution in [0.25, 0.3) is 0 Å². The molecule has 0 unspecified atom stereocenters. The van der Waals surface area contributed by atoms with Crippen molar-refractivity contribution >= 4 is 27.8 Å². The molecule has 2 aromatic rings. The maximum absolute atomic E-state index is 13.6. The van der Waals surface area contributed by atoms with E-state index in [1.165, 1.54) is 31.5 Å². The van der Waals surface area contributed by atoms with Crippen molar-refractivity contribution in [1.29, 1.82) is 0 Å². The first kappa shape index (κ1) is 18.0. The molecule has 8 heteroatoms. The number of aromatic nitrogens is 1. The molecule has 0 radical (unpaired) electrons. The molecule has 0 fully saturated rings. The topological polar surface area (TPSA) is 68.3 Å². The molecule has 0 aliphatic heterocycles. The summed E-state index contributed by atoms with van der Waals surface area (Å²) in [6.07, 6.45) is 2.81. The van der Waals surface area contributed by atoms with Crippen LogP contribution in [0.3, 0.4) is 0 Å². The molecule has 1 aromatic carbocycles. The largest absolute Gasteiger partial charge is 0.452 e. The highest BCUT2D eigenvalue weighted by atomic mass is 79.9. The average Bonchev–Trinajstić information content (AvgIpc) is 2.52. The van der Waals surface area contributed by atoms with E-state index in [1.807, 2.05) is 0 Å². The van der Waals surface area contributed by atoms with E-state index in [1.54, 1.807) is 0 Å². The predicted molar refractivity (Wildman–Crippen MR) is 85.1 cm³/mol. The van der Waals surface area contributed by atoms with Crippen LogP contribution in [0.1, 0.15) is 28.9 Å². The SMILES string of the molecule is C[C@H](NC(=O)COC(=O)c1cncc(Br)c1)c1ccc(F)cc1F. The van der Waals surface area contributed by atoms with Crippen molar-refractivity contribution < 1.29 is 23.1 Å². The standard InChI is InChI=1S/C16H13BrF2N2O3/c1-9(13-3-2-12(18)5-14(13)19)21-15(22)8-24-16(23)10-4-11(17)7-20-6-10/h2-7,9H,8H2,1H3,(H,21,22)/t9-/m0/s1. The molecule has 0 saturated heterocycles. The Bertz CT molecular complexity index is 771. The second kappa shape index (κ2) is 7.96. The van der Waals surface area contributed by atoms with E-state index in [0.29, 0.717) is 4.47 Å². The number of nitrogens with zero attached hydrogens (tertiary/aromatic N) is 1. The molecule has 1 amide bonds. The van der Waals surface area contributed by atoms with Gasteiger partial charge in [-0.25, -0.2) is 13.6 Å². The summed E-state index contributed by atoms with van der Waals surface area (Å²) in [5.74, 6) is -2.78. The summed E-state index contributed by atoms with van der Waals surface area (Å²) in [5.41, 5.74) is 0.321. The van der Waals surface area contributed by atoms with Gasteiger partial charge in [0.2, 0.25) is 0 Å². The fraction of sp³-hybridized carbons (Fsp3) is 0.188. The highest BCUT2D eigenvalue weighted by molar-refractivity contribution is 9.10. The Kier molecular flexibility index (Phi) is 5.97. The summed E-state index contributed by atoms with van der Waals surface area (Å²) in [7, 11) is 0. The van der Waals surface area contributed by atoms with Gasteiger partial charge in [-0.3, -0.25) is 9.78 Å². The number of carbonyl (C=O) groups excluding carboxylic acids is 2. The first-order valence-electron chi connectivity index (χ1n) is 6.89. The zero-order valence-corrected chi connectivity index (χ0v) is 14.1. The second-order valence-corrected chi connectivity index (χ2v) is 5.84. The third kappa shape index (κ3) is 4.82. The van der Waals surface area contributed by atoms with Gasteiger partial charge in [0.05, 0.1) is 11.6 Å². The zero-order chi connectivity index (χ0) is 17.7. The lowest BCUT2D eigenvalue weighted by Crippen LogP contribution is -2.31. The van der Waals surface area contributed by atoms with E-state index in [0.717, 1.165) is 12.1 Å². The molecule has 0 spiro atoms. The van der Waals surface area contributed by atoms with Crippen molar-refractivity contribution in [3.8, 4) is 0 Å². The Labute approximate surface area is 145 Å². The van der Waals surface area contributed by atoms with Crippen LogP contribution in [0.2, 0.25) is 0 Å². The molecule has 0 bridgehead atoms. The lowest BCUT2D eigenvalue weighted by atomic mass is 10.1. The number of rotatable bonds is 5. The number of nitrogens with one attached hydrogen (secondary N) is 1. The van der Waals surface area contributed by atoms with Crippen LogP contribution in [-0.4, -0.2) is 23.5 Å². The summed E-state index contributed by atoms with van der Waals surface area (Å²) in [4.78, 5) is 27.4. The molecule has 0 aliphatic rings. The molecule has 0 aliphatic carbocycles. The van der Waals surface area contributed by atoms with Crippen LogP contribution in [0.4, 0.5) is 8.78 Å². The molecule has 0 saturated carbocycles. The summed E-state index contributed by atoms with van der Waals surface area (Å²) in [5, 5.41) is 2.47. The summed E-state index contributed by atoms with van der Waals surface area (Å²) < 4.78 is 32.0. The van der Waals surface area contributed by atoms with Crippen molar-refractivity contribution in [1.82, 2.24) is 10.3 Å². The number of esters is 1. The Balaban J connectivity index is 1.90. The van der Waals surface area contributed by atoms with Crippen molar-refractivity contribution in [2.24, 2.45) is 0 Å². The Hall–Kier alpha value is -2.35. The molecule has 1 N–H and O–H groups in total. The Morgan fingerprint density at radius 3 is 2.71 bits per heavy atom. The quantitative estimate of drug-likeness (QED) is 0.785. The summed E-state index contributed by atoms with van der Waals surface area (Å²) in [6, 6.07) is 3.88. The lowest BCUT2D eigenvalue weighted by Gasteiger charge is -2.15. The molecule has 24 heavy (non-hydrogen) atoms. The molecule has 5 nitrogen and oxygen atoms in total. The fourth-order valence-electron chi connectivity index (χ4n) is 1.95. The zero-order valence-electron chi connectivity index (χ0n) is 12.6. The van der Waals surface area contributed by atoms with Crippen LogP contribution >= 0.6 is 15.9 Å². The summed E-state index contributed by atoms with van der Waals surface area (Å²) in [6.45, 7) is 1.01. The van der Waals surface area contributed by atoms with Gasteiger partial charge in [-0.2, -0.15) is 0 Å². The molecule has 1 aromatic heterocycles. The monoisotopic (exact) mass is 398 g/mol. The number of hydrogen-bond acceptors (Lipinski definition) is 4. The number of halogens is 3. The van der Waals surface area contributed by atoms with E-state index in [2.05, 4.69) is 26.2 Å². The second-order valence-electron chi connectivity index (χ2n) is 4.92. The Morgan fingerprint density at radius 1 is 1.29 bits per heavy atom. The van der Waals surface area contributed by atoms with Crippen LogP contribution < -0.4 is 5.32 Å². The normalized spacial score (nSPS) is 11.7. The van der Waals surface area contributed by atoms with Crippen LogP contribution in [0.5, 0.6) is 0 Å². The fourth-order valence-corrected chi connectivity index (χ4v) is 2.32. The highest BCUT2D eigenvalue weighted by Crippen LogP contribution is 2.17. The third-order valence-corrected chi connectivity index (χ3v) is 3.52. The molecular weight excluding hydrogens is 386 g/mol. The van der Waals surface area contributed by atoms with Gasteiger partial charge in [0, 0.05) is 28.5 Å². The van der Waals surface area contributed by atoms with Crippen LogP contribution in [0.15, 0.2) is 41.1 Å². The minimum atomic E-state index is -0.764. The van der Waals surface area contributed by atoms with Crippen molar-refractivity contribution in [2.45, 2.75) is 13.0 Å². The van der Waals surface area contributed by atoms with E-state index < -0.39 is 36.2 Å². The number of carbonyl (C=O) groups is 2. The van der Waals surface area contributed by atoms with Gasteiger partial charge in [0.25, 0.3) is 5.91 Å². The number of ether oxygens (including phenoxy) is 1. The van der Waals surface area contributed by atoms with Gasteiger partial charge in [0.15, 0.2) is 6.61 Å². The van der Waals surface area contributed by atoms with Crippen molar-refractivity contribution in [3.05, 3.63) is 63.9 Å². The molecule has 1 heterocycles. The summed E-state index contributed by atoms with van der Waals surface area (Å²) >= 11 is 3.17. The maximum Gasteiger partial charge on any atom is 0.340 e. The van der Waals surface area contributed by atoms with Crippen LogP contribution in [0, 0.1) is 11.6 Å². The van der Waals surface area contributed by atoms with Crippen molar-refractivity contribution in [3.63, 3.8) is 0 Å². The smallest absolute Gasteiger partial charge is 0.340 e. The number of amides is 1. The van der Waals surface area contributed by atoms with Gasteiger partial charge in [-0.15, -0.1) is 0 Å². The average molecular weight is 399 g/mol. The molecule has 2 rings (SSSR count). The van der Waals surface area contributed by atoms with E-state index in [-0.39, 0.29) is 11.1 Å². The number of benzene rings is 1. The first-order valence-corrected chi connectivity index (χ1v) is 7.68. The van der Waals surface area contributed by atoms with Gasteiger partial charge >= 0.3 is 5.97 Å². The van der Waals surface area contributed by atoms with Crippen LogP contribution in [-0.2, 0) is 9.53 Å². The minimum Gasteiger partial charge on any atom is -0.452 e. The van der Waals surface area contributed by atoms with Gasteiger partial charge in [-0.1, -0.05) is 6.07 Å². The van der Waals surface area contributed by atoms with E-state index >= 15 is 0 Å². The molecule has 1 atom stereocenters. The van der Waals surface area contributed by atoms with Gasteiger partial charge in [0.1, 0.15) is 11.6 Å². The minimum absolute atomic E-state index is 0.132. The predicted octanol–water partition coefficient (Wildman–Crippen LogP) is 3.16. The number of pyridine rings is 1. The maximum atomic E-state index is 13.6. The van der Waals surface area contributed by atoms with E-state index in [9.17, 15) is 18.4 Å². The van der Waals surface area contributed by atoms with Gasteiger partial charge < -0.3 is 10.1 Å². The van der Waals surface area contributed by atoms with Gasteiger partial charge in [-0.05, 0) is 35.0 Å². The Morgan fingerprint density at radius 2 is 2.04 bits per heavy atom. The molecule has 126 valence electrons. The lowest BCUT2D eigenvalue weighted by molar-refractivity contribution is -0.124. The third-order valence-electron chi connectivity index (χ3n) is 3.08.